The summed E-state index contributed by atoms with van der Waals surface area (Å²) in [5.41, 5.74) is 7.92. The number of primary amides is 1. The van der Waals surface area contributed by atoms with Crippen LogP contribution in [0.3, 0.4) is 0 Å². The Morgan fingerprint density at radius 3 is 2.29 bits per heavy atom. The van der Waals surface area contributed by atoms with Crippen LogP contribution in [0.25, 0.3) is 0 Å². The van der Waals surface area contributed by atoms with Crippen LogP contribution in [0.1, 0.15) is 30.5 Å². The summed E-state index contributed by atoms with van der Waals surface area (Å²) in [5, 5.41) is 2.79. The second-order valence-corrected chi connectivity index (χ2v) is 7.43. The Hall–Kier alpha value is -3.55. The molecule has 3 N–H and O–H groups in total. The fourth-order valence-electron chi connectivity index (χ4n) is 3.89. The molecule has 3 atom stereocenters. The van der Waals surface area contributed by atoms with Crippen LogP contribution in [-0.2, 0) is 14.3 Å². The molecule has 2 aromatic rings. The van der Waals surface area contributed by atoms with Crippen molar-refractivity contribution in [1.29, 1.82) is 0 Å². The molecule has 2 aromatic carbocycles. The lowest BCUT2D eigenvalue weighted by atomic mass is 9.92. The normalized spacial score (nSPS) is 20.2. The van der Waals surface area contributed by atoms with Gasteiger partial charge in [0.15, 0.2) is 0 Å². The van der Waals surface area contributed by atoms with Gasteiger partial charge in [0, 0.05) is 5.69 Å². The number of anilines is 1. The van der Waals surface area contributed by atoms with Crippen molar-refractivity contribution in [3.05, 3.63) is 59.7 Å². The Kier molecular flexibility index (Phi) is 6.79. The van der Waals surface area contributed by atoms with Crippen molar-refractivity contribution in [2.45, 2.75) is 32.4 Å². The number of carbonyl (C=O) groups excluding carboxylic acids is 3. The van der Waals surface area contributed by atoms with E-state index in [4.69, 9.17) is 15.2 Å². The highest BCUT2D eigenvalue weighted by Gasteiger charge is 2.50. The Morgan fingerprint density at radius 2 is 1.74 bits per heavy atom. The van der Waals surface area contributed by atoms with Crippen molar-refractivity contribution in [1.82, 2.24) is 4.90 Å². The summed E-state index contributed by atoms with van der Waals surface area (Å²) in [7, 11) is 1.55. The average Bonchev–Trinajstić information content (AvgIpc) is 3.16. The average molecular weight is 425 g/mol. The molecule has 3 amide bonds. The van der Waals surface area contributed by atoms with E-state index in [1.54, 1.807) is 38.3 Å². The number of likely N-dealkylation sites (tertiary alicyclic amines) is 1. The van der Waals surface area contributed by atoms with Crippen LogP contribution < -0.4 is 15.8 Å². The zero-order valence-corrected chi connectivity index (χ0v) is 17.8. The van der Waals surface area contributed by atoms with Crippen LogP contribution in [-0.4, -0.2) is 42.6 Å². The van der Waals surface area contributed by atoms with E-state index < -0.39 is 35.9 Å². The first-order valence-corrected chi connectivity index (χ1v) is 10.1. The van der Waals surface area contributed by atoms with Crippen LogP contribution in [0.4, 0.5) is 10.5 Å². The number of hydrogen-bond donors (Lipinski definition) is 2. The number of methoxy groups -OCH3 is 1. The molecule has 31 heavy (non-hydrogen) atoms. The Bertz CT molecular complexity index is 943. The molecule has 3 rings (SSSR count). The molecule has 8 nitrogen and oxygen atoms in total. The third kappa shape index (κ3) is 4.79. The van der Waals surface area contributed by atoms with E-state index >= 15 is 0 Å². The quantitative estimate of drug-likeness (QED) is 0.691. The monoisotopic (exact) mass is 425 g/mol. The number of hydrogen-bond acceptors (Lipinski definition) is 5. The molecule has 0 aliphatic carbocycles. The second kappa shape index (κ2) is 9.51. The SMILES string of the molecule is CCOC(=O)C1CC(C(N)=O)N(C(=O)Nc2ccc(OC)cc2)C1c1ccc(C)cc1. The maximum absolute atomic E-state index is 13.3. The summed E-state index contributed by atoms with van der Waals surface area (Å²) in [6.45, 7) is 3.87. The number of urea groups is 1. The van der Waals surface area contributed by atoms with E-state index in [1.165, 1.54) is 4.90 Å². The van der Waals surface area contributed by atoms with Gasteiger partial charge in [-0.2, -0.15) is 0 Å². The van der Waals surface area contributed by atoms with Gasteiger partial charge in [-0.3, -0.25) is 9.59 Å². The second-order valence-electron chi connectivity index (χ2n) is 7.43. The van der Waals surface area contributed by atoms with Gasteiger partial charge in [0.25, 0.3) is 0 Å². The number of nitrogens with zero attached hydrogens (tertiary/aromatic N) is 1. The highest BCUT2D eigenvalue weighted by molar-refractivity contribution is 5.95. The Balaban J connectivity index is 1.98. The van der Waals surface area contributed by atoms with Crippen LogP contribution >= 0.6 is 0 Å². The molecule has 1 heterocycles. The predicted octanol–water partition coefficient (Wildman–Crippen LogP) is 3.02. The summed E-state index contributed by atoms with van der Waals surface area (Å²) in [6, 6.07) is 12.1. The number of aryl methyl sites for hydroxylation is 1. The summed E-state index contributed by atoms with van der Waals surface area (Å²) >= 11 is 0. The molecule has 1 aliphatic rings. The molecule has 1 saturated heterocycles. The number of nitrogens with one attached hydrogen (secondary N) is 1. The molecule has 3 unspecified atom stereocenters. The first kappa shape index (κ1) is 22.1. The van der Waals surface area contributed by atoms with Crippen LogP contribution in [0.2, 0.25) is 0 Å². The van der Waals surface area contributed by atoms with Crippen molar-refractivity contribution in [3.8, 4) is 5.75 Å². The maximum atomic E-state index is 13.3. The van der Waals surface area contributed by atoms with Crippen molar-refractivity contribution in [2.24, 2.45) is 11.7 Å². The maximum Gasteiger partial charge on any atom is 0.323 e. The van der Waals surface area contributed by atoms with Gasteiger partial charge in [-0.1, -0.05) is 29.8 Å². The number of ether oxygens (including phenoxy) is 2. The van der Waals surface area contributed by atoms with E-state index in [0.717, 1.165) is 11.1 Å². The standard InChI is InChI=1S/C23H27N3O5/c1-4-31-22(28)18-13-19(21(24)27)26(20(18)15-7-5-14(2)6-8-15)23(29)25-16-9-11-17(30-3)12-10-16/h5-12,18-20H,4,13H2,1-3H3,(H2,24,27)(H,25,29). The fourth-order valence-corrected chi connectivity index (χ4v) is 3.89. The molecule has 0 radical (unpaired) electrons. The minimum absolute atomic E-state index is 0.0999. The largest absolute Gasteiger partial charge is 0.497 e. The Labute approximate surface area is 181 Å². The molecule has 0 spiro atoms. The van der Waals surface area contributed by atoms with Crippen molar-refractivity contribution >= 4 is 23.6 Å². The predicted molar refractivity (Wildman–Crippen MR) is 115 cm³/mol. The third-order valence-electron chi connectivity index (χ3n) is 5.41. The van der Waals surface area contributed by atoms with Crippen molar-refractivity contribution in [2.75, 3.05) is 19.0 Å². The molecule has 0 aromatic heterocycles. The molecule has 1 aliphatic heterocycles. The van der Waals surface area contributed by atoms with Gasteiger partial charge in [0.05, 0.1) is 25.7 Å². The molecule has 0 bridgehead atoms. The summed E-state index contributed by atoms with van der Waals surface area (Å²) < 4.78 is 10.4. The smallest absolute Gasteiger partial charge is 0.323 e. The fraction of sp³-hybridized carbons (Fsp3) is 0.348. The minimum Gasteiger partial charge on any atom is -0.497 e. The molecule has 0 saturated carbocycles. The van der Waals surface area contributed by atoms with Crippen molar-refractivity contribution in [3.63, 3.8) is 0 Å². The van der Waals surface area contributed by atoms with E-state index in [2.05, 4.69) is 5.32 Å². The van der Waals surface area contributed by atoms with Gasteiger partial charge in [0.2, 0.25) is 5.91 Å². The zero-order valence-electron chi connectivity index (χ0n) is 17.8. The van der Waals surface area contributed by atoms with E-state index in [9.17, 15) is 14.4 Å². The Morgan fingerprint density at radius 1 is 1.10 bits per heavy atom. The van der Waals surface area contributed by atoms with Gasteiger partial charge >= 0.3 is 12.0 Å². The molecular weight excluding hydrogens is 398 g/mol. The van der Waals surface area contributed by atoms with E-state index in [1.807, 2.05) is 31.2 Å². The van der Waals surface area contributed by atoms with Crippen LogP contribution in [0.15, 0.2) is 48.5 Å². The van der Waals surface area contributed by atoms with Gasteiger partial charge in [-0.25, -0.2) is 4.79 Å². The molecule has 1 fully saturated rings. The number of esters is 1. The molecular formula is C23H27N3O5. The minimum atomic E-state index is -0.945. The van der Waals surface area contributed by atoms with Gasteiger partial charge in [-0.05, 0) is 50.1 Å². The third-order valence-corrected chi connectivity index (χ3v) is 5.41. The number of nitrogens with two attached hydrogens (primary N) is 1. The lowest BCUT2D eigenvalue weighted by molar-refractivity contribution is -0.148. The van der Waals surface area contributed by atoms with E-state index in [0.29, 0.717) is 11.4 Å². The van der Waals surface area contributed by atoms with Crippen molar-refractivity contribution < 1.29 is 23.9 Å². The number of rotatable bonds is 6. The summed E-state index contributed by atoms with van der Waals surface area (Å²) in [5.74, 6) is -1.19. The highest BCUT2D eigenvalue weighted by atomic mass is 16.5. The van der Waals surface area contributed by atoms with Crippen LogP contribution in [0.5, 0.6) is 5.75 Å². The lowest BCUT2D eigenvalue weighted by Gasteiger charge is -2.30. The first-order chi connectivity index (χ1) is 14.8. The van der Waals surface area contributed by atoms with Gasteiger partial charge in [-0.15, -0.1) is 0 Å². The molecule has 164 valence electrons. The van der Waals surface area contributed by atoms with Gasteiger partial charge < -0.3 is 25.4 Å². The molecule has 8 heteroatoms. The van der Waals surface area contributed by atoms with E-state index in [-0.39, 0.29) is 13.0 Å². The zero-order chi connectivity index (χ0) is 22.5. The number of carbonyl (C=O) groups is 3. The lowest BCUT2D eigenvalue weighted by Crippen LogP contribution is -2.46. The highest BCUT2D eigenvalue weighted by Crippen LogP contribution is 2.42. The summed E-state index contributed by atoms with van der Waals surface area (Å²) in [4.78, 5) is 39.6. The van der Waals surface area contributed by atoms with Gasteiger partial charge in [0.1, 0.15) is 11.8 Å². The number of amides is 3. The number of benzene rings is 2. The summed E-state index contributed by atoms with van der Waals surface area (Å²) in [6.07, 6.45) is 0.0999. The topological polar surface area (TPSA) is 111 Å². The van der Waals surface area contributed by atoms with Crippen LogP contribution in [0, 0.1) is 12.8 Å². The first-order valence-electron chi connectivity index (χ1n) is 10.1.